The summed E-state index contributed by atoms with van der Waals surface area (Å²) in [7, 11) is 0. The normalized spacial score (nSPS) is 30.0. The van der Waals surface area contributed by atoms with Gasteiger partial charge >= 0.3 is 6.18 Å². The Bertz CT molecular complexity index is 983. The van der Waals surface area contributed by atoms with Crippen molar-refractivity contribution in [3.8, 4) is 0 Å². The maximum atomic E-state index is 12.8. The number of aromatic nitrogens is 1. The number of halogens is 4. The molecule has 7 nitrogen and oxygen atoms in total. The second kappa shape index (κ2) is 5.79. The molecule has 2 bridgehead atoms. The Labute approximate surface area is 167 Å². The zero-order chi connectivity index (χ0) is 21.4. The third-order valence-electron chi connectivity index (χ3n) is 5.71. The number of aliphatic hydroxyl groups is 1. The van der Waals surface area contributed by atoms with E-state index in [1.807, 2.05) is 0 Å². The average molecular weight is 430 g/mol. The number of allylic oxidation sites excluding steroid dienone is 2. The molecule has 0 aliphatic heterocycles. The van der Waals surface area contributed by atoms with Crippen molar-refractivity contribution in [3.05, 3.63) is 40.3 Å². The molecule has 3 N–H and O–H groups in total. The Morgan fingerprint density at radius 3 is 2.41 bits per heavy atom. The highest BCUT2D eigenvalue weighted by atomic mass is 35.5. The van der Waals surface area contributed by atoms with Crippen molar-refractivity contribution >= 4 is 29.1 Å². The van der Waals surface area contributed by atoms with Crippen molar-refractivity contribution in [2.45, 2.75) is 49.0 Å². The van der Waals surface area contributed by atoms with Gasteiger partial charge in [0.2, 0.25) is 17.2 Å². The topological polar surface area (TPSA) is 108 Å². The molecule has 0 unspecified atom stereocenters. The first kappa shape index (κ1) is 19.8. The van der Waals surface area contributed by atoms with Crippen LogP contribution < -0.4 is 10.6 Å². The second-order valence-corrected chi connectivity index (χ2v) is 8.36. The molecule has 1 aromatic rings. The fourth-order valence-electron chi connectivity index (χ4n) is 4.14. The summed E-state index contributed by atoms with van der Waals surface area (Å²) in [4.78, 5) is 40.9. The summed E-state index contributed by atoms with van der Waals surface area (Å²) in [5, 5.41) is 14.4. The molecule has 11 heteroatoms. The van der Waals surface area contributed by atoms with Crippen molar-refractivity contribution in [2.24, 2.45) is 0 Å². The van der Waals surface area contributed by atoms with Crippen LogP contribution in [0.25, 0.3) is 0 Å². The van der Waals surface area contributed by atoms with Gasteiger partial charge in [-0.25, -0.2) is 0 Å². The van der Waals surface area contributed by atoms with Crippen LogP contribution in [0.4, 0.5) is 13.2 Å². The molecule has 4 aliphatic rings. The number of hydrogen-bond donors (Lipinski definition) is 3. The predicted molar refractivity (Wildman–Crippen MR) is 93.0 cm³/mol. The summed E-state index contributed by atoms with van der Waals surface area (Å²) in [6.45, 7) is 0.392. The summed E-state index contributed by atoms with van der Waals surface area (Å²) in [6, 6.07) is 2.95. The van der Waals surface area contributed by atoms with Crippen LogP contribution in [0.1, 0.15) is 47.0 Å². The van der Waals surface area contributed by atoms with E-state index in [0.717, 1.165) is 0 Å². The highest BCUT2D eigenvalue weighted by Gasteiger charge is 2.70. The van der Waals surface area contributed by atoms with Crippen LogP contribution in [-0.4, -0.2) is 50.4 Å². The molecule has 0 saturated heterocycles. The van der Waals surface area contributed by atoms with Crippen molar-refractivity contribution in [1.29, 1.82) is 0 Å². The number of carbonyl (C=O) groups excluding carboxylic acids is 3. The lowest BCUT2D eigenvalue weighted by atomic mass is 9.44. The van der Waals surface area contributed by atoms with Gasteiger partial charge in [-0.15, -0.1) is 0 Å². The van der Waals surface area contributed by atoms with Crippen LogP contribution in [0.3, 0.4) is 0 Å². The van der Waals surface area contributed by atoms with E-state index in [1.54, 1.807) is 0 Å². The van der Waals surface area contributed by atoms with Gasteiger partial charge in [-0.1, -0.05) is 11.6 Å². The number of carbonyl (C=O) groups is 3. The van der Waals surface area contributed by atoms with E-state index in [2.05, 4.69) is 15.6 Å². The van der Waals surface area contributed by atoms with Gasteiger partial charge in [0, 0.05) is 17.3 Å². The number of fused-ring (bicyclic) bond motifs is 1. The standard InChI is InChI=1S/C18H15ClF3N3O4/c1-15(29,18(20,21)22)14(28)25-17-5-16(6-17,7-17)24-11-9(19)12(26)8-3-2-4-23-10(8)13(11)27/h2-4,24,29H,5-7H2,1H3,(H,25,28)/t15-,16?,17?/m1/s1. The van der Waals surface area contributed by atoms with E-state index in [-0.39, 0.29) is 41.2 Å². The summed E-state index contributed by atoms with van der Waals surface area (Å²) in [5.74, 6) is -2.63. The van der Waals surface area contributed by atoms with Crippen LogP contribution in [0.15, 0.2) is 29.1 Å². The number of Topliss-reactive ketones (excluding diaryl/α,β-unsaturated/α-hetero) is 2. The van der Waals surface area contributed by atoms with E-state index >= 15 is 0 Å². The van der Waals surface area contributed by atoms with Crippen LogP contribution >= 0.6 is 11.6 Å². The molecule has 3 fully saturated rings. The molecule has 29 heavy (non-hydrogen) atoms. The number of amides is 1. The molecule has 3 saturated carbocycles. The maximum Gasteiger partial charge on any atom is 0.426 e. The van der Waals surface area contributed by atoms with Crippen molar-refractivity contribution in [2.75, 3.05) is 0 Å². The lowest BCUT2D eigenvalue weighted by Crippen LogP contribution is -2.84. The zero-order valence-electron chi connectivity index (χ0n) is 15.0. The summed E-state index contributed by atoms with van der Waals surface area (Å²) in [5.41, 5.74) is -5.11. The minimum atomic E-state index is -5.11. The fraction of sp³-hybridized carbons (Fsp3) is 0.444. The Morgan fingerprint density at radius 2 is 1.83 bits per heavy atom. The van der Waals surface area contributed by atoms with Gasteiger partial charge in [0.25, 0.3) is 5.91 Å². The number of nitrogens with zero attached hydrogens (tertiary/aromatic N) is 1. The molecule has 0 aromatic carbocycles. The molecule has 0 radical (unpaired) electrons. The van der Waals surface area contributed by atoms with Crippen LogP contribution in [0.2, 0.25) is 0 Å². The summed E-state index contributed by atoms with van der Waals surface area (Å²) in [6.07, 6.45) is -3.05. The van der Waals surface area contributed by atoms with E-state index in [1.165, 1.54) is 18.3 Å². The first-order chi connectivity index (χ1) is 13.3. The number of ketones is 2. The molecule has 154 valence electrons. The highest BCUT2D eigenvalue weighted by molar-refractivity contribution is 6.49. The Morgan fingerprint density at radius 1 is 1.21 bits per heavy atom. The quantitative estimate of drug-likeness (QED) is 0.671. The van der Waals surface area contributed by atoms with Crippen molar-refractivity contribution in [1.82, 2.24) is 15.6 Å². The average Bonchev–Trinajstić information content (AvgIpc) is 2.58. The lowest BCUT2D eigenvalue weighted by molar-refractivity contribution is -0.248. The molecular weight excluding hydrogens is 415 g/mol. The third-order valence-corrected chi connectivity index (χ3v) is 6.07. The largest absolute Gasteiger partial charge is 0.426 e. The molecule has 1 aromatic heterocycles. The predicted octanol–water partition coefficient (Wildman–Crippen LogP) is 1.61. The number of rotatable bonds is 4. The van der Waals surface area contributed by atoms with E-state index in [4.69, 9.17) is 11.6 Å². The number of nitrogens with one attached hydrogen (secondary N) is 2. The van der Waals surface area contributed by atoms with Crippen LogP contribution in [0, 0.1) is 0 Å². The molecule has 1 atom stereocenters. The number of hydrogen-bond acceptors (Lipinski definition) is 6. The third kappa shape index (κ3) is 2.77. The van der Waals surface area contributed by atoms with Gasteiger partial charge in [-0.3, -0.25) is 19.4 Å². The minimum Gasteiger partial charge on any atom is -0.375 e. The molecule has 1 heterocycles. The number of pyridine rings is 1. The number of alkyl halides is 3. The van der Waals surface area contributed by atoms with Crippen LogP contribution in [0.5, 0.6) is 0 Å². The Kier molecular flexibility index (Phi) is 3.96. The smallest absolute Gasteiger partial charge is 0.375 e. The van der Waals surface area contributed by atoms with Gasteiger partial charge in [-0.05, 0) is 38.3 Å². The van der Waals surface area contributed by atoms with Gasteiger partial charge in [0.1, 0.15) is 16.4 Å². The summed E-state index contributed by atoms with van der Waals surface area (Å²) < 4.78 is 38.4. The monoisotopic (exact) mass is 429 g/mol. The highest BCUT2D eigenvalue weighted by Crippen LogP contribution is 2.61. The molecule has 5 rings (SSSR count). The van der Waals surface area contributed by atoms with Crippen molar-refractivity contribution in [3.63, 3.8) is 0 Å². The van der Waals surface area contributed by atoms with Crippen molar-refractivity contribution < 1.29 is 32.7 Å². The first-order valence-corrected chi connectivity index (χ1v) is 9.03. The minimum absolute atomic E-state index is 0.0276. The Hall–Kier alpha value is -2.46. The van der Waals surface area contributed by atoms with E-state index < -0.39 is 40.3 Å². The SMILES string of the molecule is C[C@@](O)(C(=O)NC12CC(NC3=C(Cl)C(=O)c4cccnc4C3=O)(C1)C2)C(F)(F)F. The molecule has 1 amide bonds. The molecular formula is C18H15ClF3N3O4. The molecule has 0 spiro atoms. The van der Waals surface area contributed by atoms with E-state index in [0.29, 0.717) is 6.92 Å². The zero-order valence-corrected chi connectivity index (χ0v) is 15.7. The molecule has 4 aliphatic carbocycles. The maximum absolute atomic E-state index is 12.8. The van der Waals surface area contributed by atoms with Crippen LogP contribution in [-0.2, 0) is 4.79 Å². The first-order valence-electron chi connectivity index (χ1n) is 8.65. The summed E-state index contributed by atoms with van der Waals surface area (Å²) >= 11 is 6.08. The van der Waals surface area contributed by atoms with E-state index in [9.17, 15) is 32.7 Å². The fourth-order valence-corrected chi connectivity index (χ4v) is 4.38. The van der Waals surface area contributed by atoms with Gasteiger partial charge < -0.3 is 15.7 Å². The van der Waals surface area contributed by atoms with Gasteiger partial charge in [0.05, 0.1) is 5.56 Å². The second-order valence-electron chi connectivity index (χ2n) is 7.99. The van der Waals surface area contributed by atoms with Gasteiger partial charge in [0.15, 0.2) is 0 Å². The Balaban J connectivity index is 1.46. The lowest BCUT2D eigenvalue weighted by Gasteiger charge is -2.71. The van der Waals surface area contributed by atoms with Gasteiger partial charge in [-0.2, -0.15) is 13.2 Å².